The Balaban J connectivity index is 4.07. The van der Waals surface area contributed by atoms with Gasteiger partial charge >= 0.3 is 17.9 Å². The maximum absolute atomic E-state index is 12.8. The number of allylic oxidation sites excluding steroid dienone is 16. The molecule has 77 heavy (non-hydrogen) atoms. The molecule has 0 aliphatic carbocycles. The summed E-state index contributed by atoms with van der Waals surface area (Å²) in [6.45, 7) is 6.48. The second-order valence-electron chi connectivity index (χ2n) is 21.6. The van der Waals surface area contributed by atoms with Crippen molar-refractivity contribution in [2.45, 2.75) is 322 Å². The summed E-state index contributed by atoms with van der Waals surface area (Å²) >= 11 is 0. The highest BCUT2D eigenvalue weighted by atomic mass is 16.6. The first-order valence-corrected chi connectivity index (χ1v) is 32.7. The lowest BCUT2D eigenvalue weighted by Crippen LogP contribution is -2.30. The van der Waals surface area contributed by atoms with E-state index in [1.54, 1.807) is 0 Å². The number of rotatable bonds is 59. The van der Waals surface area contributed by atoms with E-state index in [1.165, 1.54) is 154 Å². The van der Waals surface area contributed by atoms with Crippen molar-refractivity contribution in [3.8, 4) is 0 Å². The van der Waals surface area contributed by atoms with Crippen molar-refractivity contribution in [3.05, 3.63) is 97.2 Å². The van der Waals surface area contributed by atoms with Crippen LogP contribution in [-0.2, 0) is 28.6 Å². The van der Waals surface area contributed by atoms with Gasteiger partial charge in [0.05, 0.1) is 0 Å². The van der Waals surface area contributed by atoms with Gasteiger partial charge in [0.15, 0.2) is 6.10 Å². The molecule has 0 heterocycles. The zero-order valence-corrected chi connectivity index (χ0v) is 50.7. The van der Waals surface area contributed by atoms with Crippen LogP contribution in [0.5, 0.6) is 0 Å². The van der Waals surface area contributed by atoms with Crippen LogP contribution in [0.2, 0.25) is 0 Å². The average molecular weight is 1070 g/mol. The second-order valence-corrected chi connectivity index (χ2v) is 21.6. The van der Waals surface area contributed by atoms with Gasteiger partial charge in [0.2, 0.25) is 0 Å². The normalized spacial score (nSPS) is 12.7. The molecule has 0 fully saturated rings. The summed E-state index contributed by atoms with van der Waals surface area (Å²) in [5, 5.41) is 0. The Hall–Kier alpha value is -3.67. The smallest absolute Gasteiger partial charge is 0.306 e. The minimum absolute atomic E-state index is 0.0784. The number of carbonyl (C=O) groups is 3. The van der Waals surface area contributed by atoms with Crippen LogP contribution in [0.4, 0.5) is 0 Å². The molecule has 442 valence electrons. The van der Waals surface area contributed by atoms with E-state index in [9.17, 15) is 14.4 Å². The van der Waals surface area contributed by atoms with Gasteiger partial charge in [-0.2, -0.15) is 0 Å². The zero-order chi connectivity index (χ0) is 55.7. The van der Waals surface area contributed by atoms with Gasteiger partial charge in [0, 0.05) is 19.3 Å². The third-order valence-corrected chi connectivity index (χ3v) is 14.1. The molecule has 0 rings (SSSR count). The lowest BCUT2D eigenvalue weighted by molar-refractivity contribution is -0.167. The number of carbonyl (C=O) groups excluding carboxylic acids is 3. The first-order valence-electron chi connectivity index (χ1n) is 32.7. The molecule has 0 aliphatic heterocycles. The Labute approximate surface area is 477 Å². The van der Waals surface area contributed by atoms with E-state index >= 15 is 0 Å². The standard InChI is InChI=1S/C71H122O6/c1-4-7-10-13-16-19-22-24-26-27-28-29-30-31-32-33-34-35-36-37-38-39-40-41-42-43-44-45-46-48-49-52-55-58-61-64-70(73)76-67-68(66-75-69(72)63-60-57-54-51-21-18-15-12-9-6-3)77-71(74)65-62-59-56-53-50-47-25-23-20-17-14-11-8-5-2/h7,10,14,16-17,19,23-26,28-29,31-32,34-35,68H,4-6,8-9,11-13,15,18,20-22,27,30,33,36-67H2,1-3H3/b10-7-,17-14-,19-16-,25-23-,26-24-,29-28-,32-31-,35-34-. The topological polar surface area (TPSA) is 78.9 Å². The monoisotopic (exact) mass is 1070 g/mol. The van der Waals surface area contributed by atoms with Gasteiger partial charge in [0.1, 0.15) is 13.2 Å². The Morgan fingerprint density at radius 1 is 0.273 bits per heavy atom. The molecule has 0 N–H and O–H groups in total. The quantitative estimate of drug-likeness (QED) is 0.0261. The van der Waals surface area contributed by atoms with E-state index in [2.05, 4.69) is 118 Å². The van der Waals surface area contributed by atoms with Gasteiger partial charge in [-0.05, 0) is 96.3 Å². The molecule has 0 bridgehead atoms. The molecular weight excluding hydrogens is 949 g/mol. The highest BCUT2D eigenvalue weighted by Crippen LogP contribution is 2.17. The summed E-state index contributed by atoms with van der Waals surface area (Å²) in [7, 11) is 0. The minimum atomic E-state index is -0.781. The molecule has 1 atom stereocenters. The van der Waals surface area contributed by atoms with E-state index in [4.69, 9.17) is 14.2 Å². The number of unbranched alkanes of at least 4 members (excludes halogenated alkanes) is 32. The predicted molar refractivity (Wildman–Crippen MR) is 334 cm³/mol. The lowest BCUT2D eigenvalue weighted by atomic mass is 10.0. The zero-order valence-electron chi connectivity index (χ0n) is 50.7. The molecule has 0 saturated heterocycles. The van der Waals surface area contributed by atoms with Crippen molar-refractivity contribution in [1.29, 1.82) is 0 Å². The van der Waals surface area contributed by atoms with E-state index in [1.807, 2.05) is 0 Å². The van der Waals surface area contributed by atoms with Crippen molar-refractivity contribution in [1.82, 2.24) is 0 Å². The fourth-order valence-electron chi connectivity index (χ4n) is 9.17. The van der Waals surface area contributed by atoms with Crippen LogP contribution in [0.3, 0.4) is 0 Å². The largest absolute Gasteiger partial charge is 0.462 e. The molecular formula is C71H122O6. The third-order valence-electron chi connectivity index (χ3n) is 14.1. The van der Waals surface area contributed by atoms with Gasteiger partial charge in [-0.15, -0.1) is 0 Å². The predicted octanol–water partition coefficient (Wildman–Crippen LogP) is 22.4. The second kappa shape index (κ2) is 64.9. The van der Waals surface area contributed by atoms with Crippen LogP contribution >= 0.6 is 0 Å². The SMILES string of the molecule is CC/C=C\C/C=C\C/C=C\C/C=C\C/C=C\C/C=C\CCCCCCCCCCCCCCCCCCC(=O)OCC(COC(=O)CCCCCCCCCCCC)OC(=O)CCCCCCC/C=C\C/C=C\CCCC. The summed E-state index contributed by atoms with van der Waals surface area (Å²) in [5.74, 6) is -0.884. The molecule has 0 aromatic heterocycles. The van der Waals surface area contributed by atoms with Gasteiger partial charge in [-0.25, -0.2) is 0 Å². The van der Waals surface area contributed by atoms with Crippen LogP contribution < -0.4 is 0 Å². The maximum atomic E-state index is 12.8. The van der Waals surface area contributed by atoms with Crippen molar-refractivity contribution >= 4 is 17.9 Å². The van der Waals surface area contributed by atoms with E-state index in [0.717, 1.165) is 122 Å². The fourth-order valence-corrected chi connectivity index (χ4v) is 9.17. The molecule has 0 aromatic rings. The van der Waals surface area contributed by atoms with Gasteiger partial charge in [-0.1, -0.05) is 298 Å². The molecule has 0 spiro atoms. The van der Waals surface area contributed by atoms with Crippen molar-refractivity contribution in [3.63, 3.8) is 0 Å². The number of ether oxygens (including phenoxy) is 3. The van der Waals surface area contributed by atoms with Gasteiger partial charge in [0.25, 0.3) is 0 Å². The molecule has 1 unspecified atom stereocenters. The lowest BCUT2D eigenvalue weighted by Gasteiger charge is -2.18. The van der Waals surface area contributed by atoms with E-state index in [0.29, 0.717) is 19.3 Å². The summed E-state index contributed by atoms with van der Waals surface area (Å²) < 4.78 is 16.9. The van der Waals surface area contributed by atoms with Gasteiger partial charge in [-0.3, -0.25) is 14.4 Å². The van der Waals surface area contributed by atoms with Crippen molar-refractivity contribution < 1.29 is 28.6 Å². The molecule has 0 aromatic carbocycles. The molecule has 6 heteroatoms. The van der Waals surface area contributed by atoms with E-state index < -0.39 is 6.10 Å². The first-order chi connectivity index (χ1) is 38.0. The van der Waals surface area contributed by atoms with Crippen LogP contribution in [0.15, 0.2) is 97.2 Å². The third kappa shape index (κ3) is 63.0. The molecule has 6 nitrogen and oxygen atoms in total. The van der Waals surface area contributed by atoms with Crippen molar-refractivity contribution in [2.24, 2.45) is 0 Å². The number of hydrogen-bond acceptors (Lipinski definition) is 6. The molecule has 0 saturated carbocycles. The Morgan fingerprint density at radius 3 is 0.831 bits per heavy atom. The van der Waals surface area contributed by atoms with Gasteiger partial charge < -0.3 is 14.2 Å². The summed E-state index contributed by atoms with van der Waals surface area (Å²) in [6.07, 6.45) is 87.2. The Kier molecular flexibility index (Phi) is 61.8. The molecule has 0 radical (unpaired) electrons. The maximum Gasteiger partial charge on any atom is 0.306 e. The highest BCUT2D eigenvalue weighted by Gasteiger charge is 2.19. The summed E-state index contributed by atoms with van der Waals surface area (Å²) in [5.41, 5.74) is 0. The van der Waals surface area contributed by atoms with Crippen LogP contribution in [0.1, 0.15) is 316 Å². The summed E-state index contributed by atoms with van der Waals surface area (Å²) in [6, 6.07) is 0. The van der Waals surface area contributed by atoms with Crippen LogP contribution in [0, 0.1) is 0 Å². The highest BCUT2D eigenvalue weighted by molar-refractivity contribution is 5.71. The van der Waals surface area contributed by atoms with Crippen LogP contribution in [0.25, 0.3) is 0 Å². The molecule has 0 amide bonds. The van der Waals surface area contributed by atoms with Crippen molar-refractivity contribution in [2.75, 3.05) is 13.2 Å². The Bertz CT molecular complexity index is 1510. The molecule has 0 aliphatic rings. The fraction of sp³-hybridized carbons (Fsp3) is 0.732. The Morgan fingerprint density at radius 2 is 0.519 bits per heavy atom. The first kappa shape index (κ1) is 73.3. The minimum Gasteiger partial charge on any atom is -0.462 e. The average Bonchev–Trinajstić information content (AvgIpc) is 3.43. The number of hydrogen-bond donors (Lipinski definition) is 0. The summed E-state index contributed by atoms with van der Waals surface area (Å²) in [4.78, 5) is 38.1. The van der Waals surface area contributed by atoms with E-state index in [-0.39, 0.29) is 31.1 Å². The van der Waals surface area contributed by atoms with Crippen LogP contribution in [-0.4, -0.2) is 37.2 Å². The number of esters is 3.